The molecule has 1 saturated heterocycles. The van der Waals surface area contributed by atoms with Gasteiger partial charge < -0.3 is 20.6 Å². The number of rotatable bonds is 7. The summed E-state index contributed by atoms with van der Waals surface area (Å²) in [5, 5.41) is 16.0. The van der Waals surface area contributed by atoms with Crippen LogP contribution in [0.4, 0.5) is 0 Å². The SMILES string of the molecule is CCN(CC)CC(O)CNC1CCC(=O)NC1. The van der Waals surface area contributed by atoms with Crippen LogP contribution in [-0.4, -0.2) is 60.8 Å². The zero-order chi connectivity index (χ0) is 12.7. The van der Waals surface area contributed by atoms with E-state index in [1.54, 1.807) is 0 Å². The van der Waals surface area contributed by atoms with Crippen LogP contribution in [0.1, 0.15) is 26.7 Å². The molecule has 1 heterocycles. The van der Waals surface area contributed by atoms with Crippen LogP contribution in [0.3, 0.4) is 0 Å². The van der Waals surface area contributed by atoms with Gasteiger partial charge in [-0.15, -0.1) is 0 Å². The smallest absolute Gasteiger partial charge is 0.220 e. The van der Waals surface area contributed by atoms with Crippen LogP contribution in [0.25, 0.3) is 0 Å². The molecule has 0 aliphatic carbocycles. The molecule has 5 heteroatoms. The fourth-order valence-corrected chi connectivity index (χ4v) is 2.05. The van der Waals surface area contributed by atoms with E-state index in [1.165, 1.54) is 0 Å². The second kappa shape index (κ2) is 7.63. The van der Waals surface area contributed by atoms with Gasteiger partial charge >= 0.3 is 0 Å². The van der Waals surface area contributed by atoms with E-state index in [4.69, 9.17) is 0 Å². The Bertz CT molecular complexity index is 222. The standard InChI is InChI=1S/C12H25N3O2/c1-3-15(4-2)9-11(16)8-13-10-5-6-12(17)14-7-10/h10-11,13,16H,3-9H2,1-2H3,(H,14,17). The van der Waals surface area contributed by atoms with Gasteiger partial charge in [0, 0.05) is 32.1 Å². The summed E-state index contributed by atoms with van der Waals surface area (Å²) < 4.78 is 0. The fourth-order valence-electron chi connectivity index (χ4n) is 2.05. The Morgan fingerprint density at radius 1 is 1.53 bits per heavy atom. The van der Waals surface area contributed by atoms with Crippen molar-refractivity contribution in [3.63, 3.8) is 0 Å². The van der Waals surface area contributed by atoms with Crippen LogP contribution in [0.5, 0.6) is 0 Å². The highest BCUT2D eigenvalue weighted by molar-refractivity contribution is 5.76. The number of aliphatic hydroxyl groups is 1. The van der Waals surface area contributed by atoms with Crippen LogP contribution >= 0.6 is 0 Å². The van der Waals surface area contributed by atoms with E-state index in [2.05, 4.69) is 29.4 Å². The molecule has 0 spiro atoms. The van der Waals surface area contributed by atoms with Crippen molar-refractivity contribution in [2.75, 3.05) is 32.7 Å². The maximum atomic E-state index is 11.0. The summed E-state index contributed by atoms with van der Waals surface area (Å²) in [7, 11) is 0. The number of nitrogens with one attached hydrogen (secondary N) is 2. The molecule has 2 atom stereocenters. The van der Waals surface area contributed by atoms with E-state index in [-0.39, 0.29) is 12.0 Å². The van der Waals surface area contributed by atoms with Gasteiger partial charge in [0.1, 0.15) is 0 Å². The first-order valence-electron chi connectivity index (χ1n) is 6.56. The number of likely N-dealkylation sites (N-methyl/N-ethyl adjacent to an activating group) is 1. The molecule has 1 fully saturated rings. The quantitative estimate of drug-likeness (QED) is 0.567. The first-order valence-corrected chi connectivity index (χ1v) is 6.56. The Morgan fingerprint density at radius 2 is 2.24 bits per heavy atom. The minimum Gasteiger partial charge on any atom is -0.390 e. The molecule has 5 nitrogen and oxygen atoms in total. The third-order valence-electron chi connectivity index (χ3n) is 3.27. The minimum absolute atomic E-state index is 0.131. The van der Waals surface area contributed by atoms with Crippen LogP contribution in [0, 0.1) is 0 Å². The third-order valence-corrected chi connectivity index (χ3v) is 3.27. The Balaban J connectivity index is 2.14. The van der Waals surface area contributed by atoms with Gasteiger partial charge in [0.05, 0.1) is 6.10 Å². The number of hydrogen-bond acceptors (Lipinski definition) is 4. The Morgan fingerprint density at radius 3 is 2.76 bits per heavy atom. The summed E-state index contributed by atoms with van der Waals surface area (Å²) in [6.45, 7) is 8.10. The lowest BCUT2D eigenvalue weighted by Gasteiger charge is -2.26. The van der Waals surface area contributed by atoms with Crippen molar-refractivity contribution in [3.05, 3.63) is 0 Å². The second-order valence-corrected chi connectivity index (χ2v) is 4.59. The van der Waals surface area contributed by atoms with Gasteiger partial charge in [0.15, 0.2) is 0 Å². The van der Waals surface area contributed by atoms with Crippen LogP contribution in [0.2, 0.25) is 0 Å². The van der Waals surface area contributed by atoms with E-state index >= 15 is 0 Å². The second-order valence-electron chi connectivity index (χ2n) is 4.59. The number of nitrogens with zero attached hydrogens (tertiary/aromatic N) is 1. The van der Waals surface area contributed by atoms with E-state index in [0.717, 1.165) is 19.5 Å². The lowest BCUT2D eigenvalue weighted by Crippen LogP contribution is -2.49. The van der Waals surface area contributed by atoms with E-state index < -0.39 is 0 Å². The summed E-state index contributed by atoms with van der Waals surface area (Å²) in [5.41, 5.74) is 0. The molecule has 0 aromatic rings. The first kappa shape index (κ1) is 14.4. The average Bonchev–Trinajstić information content (AvgIpc) is 2.35. The summed E-state index contributed by atoms with van der Waals surface area (Å²) in [6.07, 6.45) is 1.11. The zero-order valence-electron chi connectivity index (χ0n) is 10.9. The van der Waals surface area contributed by atoms with Crippen LogP contribution in [-0.2, 0) is 4.79 Å². The minimum atomic E-state index is -0.340. The molecule has 0 aromatic heterocycles. The molecule has 3 N–H and O–H groups in total. The molecule has 1 amide bonds. The molecule has 0 bridgehead atoms. The van der Waals surface area contributed by atoms with Crippen molar-refractivity contribution in [3.8, 4) is 0 Å². The summed E-state index contributed by atoms with van der Waals surface area (Å²) in [4.78, 5) is 13.2. The molecule has 2 unspecified atom stereocenters. The summed E-state index contributed by atoms with van der Waals surface area (Å²) in [5.74, 6) is 0.131. The van der Waals surface area contributed by atoms with E-state index in [0.29, 0.717) is 32.1 Å². The highest BCUT2D eigenvalue weighted by atomic mass is 16.3. The molecular formula is C12H25N3O2. The van der Waals surface area contributed by atoms with Gasteiger partial charge in [-0.25, -0.2) is 0 Å². The van der Waals surface area contributed by atoms with Gasteiger partial charge in [-0.2, -0.15) is 0 Å². The first-order chi connectivity index (χ1) is 8.15. The molecule has 1 rings (SSSR count). The molecule has 17 heavy (non-hydrogen) atoms. The van der Waals surface area contributed by atoms with Crippen LogP contribution in [0.15, 0.2) is 0 Å². The van der Waals surface area contributed by atoms with E-state index in [1.807, 2.05) is 0 Å². The van der Waals surface area contributed by atoms with Gasteiger partial charge in [-0.1, -0.05) is 13.8 Å². The van der Waals surface area contributed by atoms with Gasteiger partial charge in [0.2, 0.25) is 5.91 Å². The topological polar surface area (TPSA) is 64.6 Å². The predicted octanol–water partition coefficient (Wildman–Crippen LogP) is -0.443. The maximum Gasteiger partial charge on any atom is 0.220 e. The van der Waals surface area contributed by atoms with Crippen LogP contribution < -0.4 is 10.6 Å². The lowest BCUT2D eigenvalue weighted by molar-refractivity contribution is -0.122. The van der Waals surface area contributed by atoms with Gasteiger partial charge in [-0.05, 0) is 19.5 Å². The number of amides is 1. The highest BCUT2D eigenvalue weighted by Gasteiger charge is 2.18. The predicted molar refractivity (Wildman–Crippen MR) is 67.8 cm³/mol. The van der Waals surface area contributed by atoms with Gasteiger partial charge in [-0.3, -0.25) is 4.79 Å². The molecule has 100 valence electrons. The molecule has 1 aliphatic heterocycles. The normalized spacial score (nSPS) is 22.6. The average molecular weight is 243 g/mol. The summed E-state index contributed by atoms with van der Waals surface area (Å²) >= 11 is 0. The lowest BCUT2D eigenvalue weighted by atomic mass is 10.1. The monoisotopic (exact) mass is 243 g/mol. The number of hydrogen-bond donors (Lipinski definition) is 3. The molecular weight excluding hydrogens is 218 g/mol. The highest BCUT2D eigenvalue weighted by Crippen LogP contribution is 2.02. The van der Waals surface area contributed by atoms with E-state index in [9.17, 15) is 9.90 Å². The molecule has 0 aromatic carbocycles. The van der Waals surface area contributed by atoms with Crippen molar-refractivity contribution in [1.82, 2.24) is 15.5 Å². The molecule has 1 aliphatic rings. The number of piperidine rings is 1. The van der Waals surface area contributed by atoms with Crippen molar-refractivity contribution < 1.29 is 9.90 Å². The summed E-state index contributed by atoms with van der Waals surface area (Å²) in [6, 6.07) is 0.305. The van der Waals surface area contributed by atoms with Crippen molar-refractivity contribution in [1.29, 1.82) is 0 Å². The van der Waals surface area contributed by atoms with Gasteiger partial charge in [0.25, 0.3) is 0 Å². The van der Waals surface area contributed by atoms with Crippen molar-refractivity contribution in [2.45, 2.75) is 38.8 Å². The maximum absolute atomic E-state index is 11.0. The third kappa shape index (κ3) is 5.48. The molecule has 0 saturated carbocycles. The Hall–Kier alpha value is -0.650. The Kier molecular flexibility index (Phi) is 6.47. The van der Waals surface area contributed by atoms with Crippen molar-refractivity contribution in [2.24, 2.45) is 0 Å². The fraction of sp³-hybridized carbons (Fsp3) is 0.917. The van der Waals surface area contributed by atoms with Crippen molar-refractivity contribution >= 4 is 5.91 Å². The number of carbonyl (C=O) groups excluding carboxylic acids is 1. The number of carbonyl (C=O) groups is 1. The zero-order valence-corrected chi connectivity index (χ0v) is 10.9. The largest absolute Gasteiger partial charge is 0.390 e. The molecule has 0 radical (unpaired) electrons. The Labute approximate surface area is 104 Å². The number of aliphatic hydroxyl groups excluding tert-OH is 1.